The van der Waals surface area contributed by atoms with Gasteiger partial charge in [-0.05, 0) is 43.7 Å². The van der Waals surface area contributed by atoms with Crippen molar-refractivity contribution in [3.05, 3.63) is 97.1 Å². The zero-order valence-electron chi connectivity index (χ0n) is 24.2. The molecule has 2 amide bonds. The van der Waals surface area contributed by atoms with Crippen LogP contribution < -0.4 is 10.6 Å². The fourth-order valence-corrected chi connectivity index (χ4v) is 4.54. The largest absolute Gasteiger partial charge is 0.455 e. The van der Waals surface area contributed by atoms with Gasteiger partial charge in [0.1, 0.15) is 6.10 Å². The first kappa shape index (κ1) is 33.5. The van der Waals surface area contributed by atoms with Crippen molar-refractivity contribution in [2.45, 2.75) is 57.2 Å². The van der Waals surface area contributed by atoms with E-state index in [1.165, 1.54) is 7.11 Å². The predicted octanol–water partition coefficient (Wildman–Crippen LogP) is 4.31. The van der Waals surface area contributed by atoms with Gasteiger partial charge in [-0.3, -0.25) is 14.4 Å². The number of carbonyl (C=O) groups excluding carboxylic acids is 3. The van der Waals surface area contributed by atoms with E-state index in [4.69, 9.17) is 9.47 Å². The Morgan fingerprint density at radius 1 is 0.951 bits per heavy atom. The van der Waals surface area contributed by atoms with E-state index in [0.29, 0.717) is 24.8 Å². The Hall–Kier alpha value is -3.75. The van der Waals surface area contributed by atoms with Crippen LogP contribution in [0, 0.1) is 11.8 Å². The van der Waals surface area contributed by atoms with Gasteiger partial charge in [-0.15, -0.1) is 13.2 Å². The molecule has 0 saturated heterocycles. The molecule has 0 aromatic heterocycles. The van der Waals surface area contributed by atoms with Gasteiger partial charge in [-0.25, -0.2) is 0 Å². The lowest BCUT2D eigenvalue weighted by molar-refractivity contribution is -0.158. The minimum absolute atomic E-state index is 0.0726. The highest BCUT2D eigenvalue weighted by atomic mass is 16.5. The monoisotopic (exact) mass is 564 g/mol. The fraction of sp³-hybridized carbons (Fsp3) is 0.424. The Morgan fingerprint density at radius 3 is 2.20 bits per heavy atom. The molecule has 0 fully saturated rings. The quantitative estimate of drug-likeness (QED) is 0.173. The van der Waals surface area contributed by atoms with Crippen LogP contribution in [0.5, 0.6) is 0 Å². The Bertz CT molecular complexity index is 1090. The Balaban J connectivity index is 2.31. The number of esters is 1. The average Bonchev–Trinajstić information content (AvgIpc) is 2.98. The highest BCUT2D eigenvalue weighted by molar-refractivity contribution is 5.86. The first-order valence-electron chi connectivity index (χ1n) is 14.0. The first-order chi connectivity index (χ1) is 19.8. The summed E-state index contributed by atoms with van der Waals surface area (Å²) < 4.78 is 11.6. The van der Waals surface area contributed by atoms with Gasteiger partial charge in [0.05, 0.1) is 31.1 Å². The topological polar surface area (TPSA) is 114 Å². The van der Waals surface area contributed by atoms with Crippen molar-refractivity contribution in [3.8, 4) is 0 Å². The number of ether oxygens (including phenoxy) is 2. The SMILES string of the molecule is C=CCC[C@H](Cc1ccccc1)C(=O)O[C@@H](c1ccccc1)[C@H](COC)NC(=O)[C@H](CC=C)CC(=O)N[C@H](C)CO. The third-order valence-corrected chi connectivity index (χ3v) is 6.72. The van der Waals surface area contributed by atoms with Gasteiger partial charge in [-0.1, -0.05) is 72.8 Å². The fourth-order valence-electron chi connectivity index (χ4n) is 4.54. The molecule has 0 unspecified atom stereocenters. The van der Waals surface area contributed by atoms with Crippen molar-refractivity contribution in [1.82, 2.24) is 10.6 Å². The highest BCUT2D eigenvalue weighted by Gasteiger charge is 2.33. The van der Waals surface area contributed by atoms with E-state index in [2.05, 4.69) is 23.8 Å². The molecule has 8 heteroatoms. The lowest BCUT2D eigenvalue weighted by Gasteiger charge is -2.30. The summed E-state index contributed by atoms with van der Waals surface area (Å²) in [5, 5.41) is 14.9. The molecule has 2 aromatic rings. The van der Waals surface area contributed by atoms with Crippen LogP contribution in [0.1, 0.15) is 49.8 Å². The summed E-state index contributed by atoms with van der Waals surface area (Å²) in [5.74, 6) is -2.23. The Morgan fingerprint density at radius 2 is 1.61 bits per heavy atom. The molecule has 8 nitrogen and oxygen atoms in total. The number of hydrogen-bond donors (Lipinski definition) is 3. The molecule has 222 valence electrons. The zero-order valence-corrected chi connectivity index (χ0v) is 24.2. The number of rotatable bonds is 19. The molecule has 0 spiro atoms. The van der Waals surface area contributed by atoms with Crippen LogP contribution in [0.3, 0.4) is 0 Å². The van der Waals surface area contributed by atoms with Crippen molar-refractivity contribution in [2.24, 2.45) is 11.8 Å². The summed E-state index contributed by atoms with van der Waals surface area (Å²) in [6.07, 6.45) is 4.46. The highest BCUT2D eigenvalue weighted by Crippen LogP contribution is 2.27. The molecule has 0 aliphatic rings. The second-order valence-corrected chi connectivity index (χ2v) is 10.2. The van der Waals surface area contributed by atoms with Gasteiger partial charge in [0.15, 0.2) is 0 Å². The maximum absolute atomic E-state index is 13.6. The molecule has 0 saturated carbocycles. The van der Waals surface area contributed by atoms with E-state index >= 15 is 0 Å². The second kappa shape index (κ2) is 18.6. The number of carbonyl (C=O) groups is 3. The van der Waals surface area contributed by atoms with E-state index in [-0.39, 0.29) is 43.8 Å². The van der Waals surface area contributed by atoms with Gasteiger partial charge in [0, 0.05) is 19.6 Å². The minimum atomic E-state index is -0.831. The predicted molar refractivity (Wildman–Crippen MR) is 160 cm³/mol. The average molecular weight is 565 g/mol. The number of hydrogen-bond acceptors (Lipinski definition) is 6. The summed E-state index contributed by atoms with van der Waals surface area (Å²) in [7, 11) is 1.51. The summed E-state index contributed by atoms with van der Waals surface area (Å²) in [4.78, 5) is 39.6. The molecule has 3 N–H and O–H groups in total. The maximum atomic E-state index is 13.6. The van der Waals surface area contributed by atoms with Crippen molar-refractivity contribution in [3.63, 3.8) is 0 Å². The number of amides is 2. The number of nitrogens with one attached hydrogen (secondary N) is 2. The molecule has 41 heavy (non-hydrogen) atoms. The van der Waals surface area contributed by atoms with Gasteiger partial charge >= 0.3 is 5.97 Å². The molecular formula is C33H44N2O6. The molecule has 0 aliphatic heterocycles. The first-order valence-corrected chi connectivity index (χ1v) is 14.0. The van der Waals surface area contributed by atoms with Gasteiger partial charge in [0.2, 0.25) is 11.8 Å². The standard InChI is InChI=1S/C33H44N2O6/c1-5-7-17-28(20-25-15-10-8-11-16-25)33(39)41-31(26-18-12-9-13-19-26)29(23-40-4)35-32(38)27(14-6-2)21-30(37)34-24(3)22-36/h5-6,8-13,15-16,18-19,24,27-29,31,36H,1-2,7,14,17,20-23H2,3-4H3,(H,34,37)(H,35,38)/t24-,27-,28-,29+,31+/m1/s1. The molecule has 2 aromatic carbocycles. The normalized spacial score (nSPS) is 14.5. The lowest BCUT2D eigenvalue weighted by Crippen LogP contribution is -2.47. The van der Waals surface area contributed by atoms with Crippen molar-refractivity contribution in [2.75, 3.05) is 20.3 Å². The molecule has 0 heterocycles. The smallest absolute Gasteiger partial charge is 0.309 e. The summed E-state index contributed by atoms with van der Waals surface area (Å²) in [6.45, 7) is 9.07. The van der Waals surface area contributed by atoms with E-state index in [1.54, 1.807) is 19.1 Å². The summed E-state index contributed by atoms with van der Waals surface area (Å²) >= 11 is 0. The van der Waals surface area contributed by atoms with Gasteiger partial charge in [-0.2, -0.15) is 0 Å². The molecule has 0 radical (unpaired) electrons. The third-order valence-electron chi connectivity index (χ3n) is 6.72. The maximum Gasteiger partial charge on any atom is 0.309 e. The van der Waals surface area contributed by atoms with E-state index in [0.717, 1.165) is 5.56 Å². The molecule has 0 aliphatic carbocycles. The van der Waals surface area contributed by atoms with E-state index in [9.17, 15) is 19.5 Å². The molecule has 2 rings (SSSR count). The van der Waals surface area contributed by atoms with Crippen LogP contribution in [-0.2, 0) is 30.3 Å². The number of methoxy groups -OCH3 is 1. The lowest BCUT2D eigenvalue weighted by atomic mass is 9.94. The number of allylic oxidation sites excluding steroid dienone is 2. The van der Waals surface area contributed by atoms with Crippen LogP contribution >= 0.6 is 0 Å². The van der Waals surface area contributed by atoms with Gasteiger partial charge in [0.25, 0.3) is 0 Å². The van der Waals surface area contributed by atoms with Crippen molar-refractivity contribution >= 4 is 17.8 Å². The molecule has 0 bridgehead atoms. The number of benzene rings is 2. The summed E-state index contributed by atoms with van der Waals surface area (Å²) in [6, 6.07) is 17.8. The van der Waals surface area contributed by atoms with Crippen LogP contribution in [0.4, 0.5) is 0 Å². The second-order valence-electron chi connectivity index (χ2n) is 10.2. The Kier molecular flexibility index (Phi) is 15.2. The molecular weight excluding hydrogens is 520 g/mol. The zero-order chi connectivity index (χ0) is 30.0. The van der Waals surface area contributed by atoms with Crippen molar-refractivity contribution < 1.29 is 29.0 Å². The van der Waals surface area contributed by atoms with Crippen molar-refractivity contribution in [1.29, 1.82) is 0 Å². The summed E-state index contributed by atoms with van der Waals surface area (Å²) in [5.41, 5.74) is 1.73. The minimum Gasteiger partial charge on any atom is -0.455 e. The molecule has 5 atom stereocenters. The van der Waals surface area contributed by atoms with Crippen LogP contribution in [0.2, 0.25) is 0 Å². The van der Waals surface area contributed by atoms with Crippen LogP contribution in [0.15, 0.2) is 86.0 Å². The van der Waals surface area contributed by atoms with Crippen LogP contribution in [0.25, 0.3) is 0 Å². The van der Waals surface area contributed by atoms with Gasteiger partial charge < -0.3 is 25.2 Å². The number of aliphatic hydroxyl groups excluding tert-OH is 1. The third kappa shape index (κ3) is 11.7. The number of aliphatic hydroxyl groups is 1. The van der Waals surface area contributed by atoms with E-state index < -0.39 is 30.0 Å². The van der Waals surface area contributed by atoms with E-state index in [1.807, 2.05) is 60.7 Å². The van der Waals surface area contributed by atoms with Crippen LogP contribution in [-0.4, -0.2) is 55.3 Å². The Labute approximate surface area is 243 Å².